The van der Waals surface area contributed by atoms with Crippen LogP contribution in [0.2, 0.25) is 5.02 Å². The number of aromatic amines is 1. The second-order valence-electron chi connectivity index (χ2n) is 13.0. The van der Waals surface area contributed by atoms with E-state index in [0.29, 0.717) is 46.2 Å². The lowest BCUT2D eigenvalue weighted by Gasteiger charge is -2.32. The van der Waals surface area contributed by atoms with Crippen LogP contribution < -0.4 is 10.1 Å². The van der Waals surface area contributed by atoms with Gasteiger partial charge in [-0.05, 0) is 86.9 Å². The highest BCUT2D eigenvalue weighted by molar-refractivity contribution is 6.30. The van der Waals surface area contributed by atoms with Gasteiger partial charge in [0, 0.05) is 51.5 Å². The van der Waals surface area contributed by atoms with Gasteiger partial charge in [0.05, 0.1) is 35.7 Å². The number of amides is 1. The standard InChI is InChI=1S/C38H34ClFN8O3/c39-26-6-4-25(30(40)17-26)22-51-37-3-1-2-31(44-37)23-10-13-47(14-11-23)21-36-43-33-16-24(5-9-35(33)48(36)20-28-12-15-50-28)38(49)42-27-7-8-32-29(18-27)34(19-41)46-45-32/h1-9,16-18,23,28H,10-15,20-22H2,(H,42,49)(H,45,46)/t28-/m0/s1. The number of anilines is 1. The first-order valence-corrected chi connectivity index (χ1v) is 17.3. The summed E-state index contributed by atoms with van der Waals surface area (Å²) in [5.74, 6) is 1.02. The van der Waals surface area contributed by atoms with Crippen molar-refractivity contribution < 1.29 is 18.7 Å². The fourth-order valence-electron chi connectivity index (χ4n) is 6.77. The highest BCUT2D eigenvalue weighted by Gasteiger charge is 2.26. The lowest BCUT2D eigenvalue weighted by molar-refractivity contribution is -0.0592. The summed E-state index contributed by atoms with van der Waals surface area (Å²) in [5, 5.41) is 20.1. The zero-order valence-electron chi connectivity index (χ0n) is 27.6. The number of piperidine rings is 1. The molecule has 2 saturated heterocycles. The van der Waals surface area contributed by atoms with E-state index in [2.05, 4.69) is 31.1 Å². The van der Waals surface area contributed by atoms with Crippen LogP contribution in [0.3, 0.4) is 0 Å². The molecule has 0 saturated carbocycles. The number of fused-ring (bicyclic) bond motifs is 2. The number of nitriles is 1. The molecule has 2 aliphatic heterocycles. The lowest BCUT2D eigenvalue weighted by Crippen LogP contribution is -2.35. The van der Waals surface area contributed by atoms with Crippen LogP contribution in [-0.2, 0) is 24.4 Å². The predicted molar refractivity (Wildman–Crippen MR) is 190 cm³/mol. The van der Waals surface area contributed by atoms with E-state index < -0.39 is 5.82 Å². The number of pyridine rings is 1. The second-order valence-corrected chi connectivity index (χ2v) is 13.4. The molecule has 1 amide bonds. The smallest absolute Gasteiger partial charge is 0.255 e. The van der Waals surface area contributed by atoms with Gasteiger partial charge in [-0.15, -0.1) is 0 Å². The minimum Gasteiger partial charge on any atom is -0.473 e. The minimum atomic E-state index is -0.401. The van der Waals surface area contributed by atoms with E-state index in [9.17, 15) is 14.4 Å². The van der Waals surface area contributed by atoms with E-state index in [0.717, 1.165) is 67.0 Å². The van der Waals surface area contributed by atoms with Gasteiger partial charge in [0.1, 0.15) is 24.3 Å². The summed E-state index contributed by atoms with van der Waals surface area (Å²) in [7, 11) is 0. The number of rotatable bonds is 10. The Hall–Kier alpha value is -5.35. The highest BCUT2D eigenvalue weighted by Crippen LogP contribution is 2.30. The Balaban J connectivity index is 0.942. The molecule has 2 N–H and O–H groups in total. The van der Waals surface area contributed by atoms with Gasteiger partial charge in [0.2, 0.25) is 5.88 Å². The molecule has 258 valence electrons. The van der Waals surface area contributed by atoms with Crippen LogP contribution in [0.1, 0.15) is 58.3 Å². The fourth-order valence-corrected chi connectivity index (χ4v) is 6.93. The molecule has 3 aromatic heterocycles. The summed E-state index contributed by atoms with van der Waals surface area (Å²) in [4.78, 5) is 25.5. The van der Waals surface area contributed by atoms with Crippen molar-refractivity contribution in [1.29, 1.82) is 5.26 Å². The number of likely N-dealkylation sites (tertiary alicyclic amines) is 1. The average molecular weight is 705 g/mol. The first-order chi connectivity index (χ1) is 24.9. The van der Waals surface area contributed by atoms with Crippen molar-refractivity contribution in [1.82, 2.24) is 29.6 Å². The summed E-state index contributed by atoms with van der Waals surface area (Å²) < 4.78 is 28.1. The summed E-state index contributed by atoms with van der Waals surface area (Å²) in [6.45, 7) is 3.96. The fraction of sp³-hybridized carbons (Fsp3) is 0.289. The Labute approximate surface area is 298 Å². The molecule has 0 bridgehead atoms. The normalized spacial score (nSPS) is 16.6. The molecular weight excluding hydrogens is 671 g/mol. The predicted octanol–water partition coefficient (Wildman–Crippen LogP) is 6.97. The number of aromatic nitrogens is 5. The molecule has 3 aromatic carbocycles. The van der Waals surface area contributed by atoms with Crippen LogP contribution in [0.4, 0.5) is 10.1 Å². The number of nitrogens with zero attached hydrogens (tertiary/aromatic N) is 6. The Morgan fingerprint density at radius 2 is 1.94 bits per heavy atom. The number of halogens is 2. The molecule has 0 unspecified atom stereocenters. The van der Waals surface area contributed by atoms with Crippen LogP contribution >= 0.6 is 11.6 Å². The summed E-state index contributed by atoms with van der Waals surface area (Å²) >= 11 is 5.88. The minimum absolute atomic E-state index is 0.0728. The van der Waals surface area contributed by atoms with Crippen molar-refractivity contribution in [3.8, 4) is 11.9 Å². The van der Waals surface area contributed by atoms with Crippen LogP contribution in [0.25, 0.3) is 21.9 Å². The largest absolute Gasteiger partial charge is 0.473 e. The molecule has 8 rings (SSSR count). The van der Waals surface area contributed by atoms with Crippen molar-refractivity contribution in [3.63, 3.8) is 0 Å². The Bertz CT molecular complexity index is 2290. The third-order valence-corrected chi connectivity index (χ3v) is 9.94. The third-order valence-electron chi connectivity index (χ3n) is 9.70. The summed E-state index contributed by atoms with van der Waals surface area (Å²) in [6, 6.07) is 23.3. The van der Waals surface area contributed by atoms with Gasteiger partial charge in [-0.2, -0.15) is 10.4 Å². The number of ether oxygens (including phenoxy) is 2. The van der Waals surface area contributed by atoms with E-state index in [1.165, 1.54) is 6.07 Å². The molecule has 0 radical (unpaired) electrons. The van der Waals surface area contributed by atoms with Crippen molar-refractivity contribution in [3.05, 3.63) is 112 Å². The summed E-state index contributed by atoms with van der Waals surface area (Å²) in [5.41, 5.74) is 5.18. The van der Waals surface area contributed by atoms with Gasteiger partial charge < -0.3 is 19.4 Å². The van der Waals surface area contributed by atoms with Gasteiger partial charge in [0.25, 0.3) is 5.91 Å². The molecule has 1 atom stereocenters. The van der Waals surface area contributed by atoms with Crippen molar-refractivity contribution >= 4 is 45.1 Å². The number of hydrogen-bond acceptors (Lipinski definition) is 8. The van der Waals surface area contributed by atoms with Crippen LogP contribution in [0.5, 0.6) is 5.88 Å². The van der Waals surface area contributed by atoms with Crippen molar-refractivity contribution in [2.75, 3.05) is 25.0 Å². The Morgan fingerprint density at radius 1 is 1.08 bits per heavy atom. The molecule has 6 aromatic rings. The van der Waals surface area contributed by atoms with E-state index in [1.807, 2.05) is 30.3 Å². The second kappa shape index (κ2) is 14.1. The number of hydrogen-bond donors (Lipinski definition) is 2. The average Bonchev–Trinajstić information content (AvgIpc) is 3.69. The van der Waals surface area contributed by atoms with E-state index in [4.69, 9.17) is 31.0 Å². The highest BCUT2D eigenvalue weighted by atomic mass is 35.5. The van der Waals surface area contributed by atoms with Gasteiger partial charge in [-0.1, -0.05) is 23.7 Å². The van der Waals surface area contributed by atoms with Gasteiger partial charge >= 0.3 is 0 Å². The van der Waals surface area contributed by atoms with Crippen LogP contribution in [-0.4, -0.2) is 61.3 Å². The number of benzene rings is 3. The van der Waals surface area contributed by atoms with Crippen LogP contribution in [0.15, 0.2) is 72.8 Å². The Kier molecular flexibility index (Phi) is 9.08. The van der Waals surface area contributed by atoms with E-state index in [1.54, 1.807) is 36.4 Å². The number of carbonyl (C=O) groups is 1. The molecule has 2 fully saturated rings. The molecule has 0 aliphatic carbocycles. The first-order valence-electron chi connectivity index (χ1n) is 17.0. The zero-order chi connectivity index (χ0) is 34.9. The molecule has 0 spiro atoms. The SMILES string of the molecule is N#Cc1n[nH]c2ccc(NC(=O)c3ccc4c(c3)nc(CN3CCC(c5cccc(OCc6ccc(Cl)cc6F)n5)CC3)n4C[C@@H]3CCO3)cc12. The third kappa shape index (κ3) is 7.01. The van der Waals surface area contributed by atoms with Crippen molar-refractivity contribution in [2.45, 2.75) is 51.0 Å². The maximum absolute atomic E-state index is 14.2. The number of imidazole rings is 1. The quantitative estimate of drug-likeness (QED) is 0.156. The molecule has 5 heterocycles. The number of H-pyrrole nitrogens is 1. The number of carbonyl (C=O) groups excluding carboxylic acids is 1. The van der Waals surface area contributed by atoms with Gasteiger partial charge in [0.15, 0.2) is 5.69 Å². The van der Waals surface area contributed by atoms with Gasteiger partial charge in [-0.3, -0.25) is 14.8 Å². The lowest BCUT2D eigenvalue weighted by atomic mass is 9.93. The molecule has 2 aliphatic rings. The zero-order valence-corrected chi connectivity index (χ0v) is 28.4. The monoisotopic (exact) mass is 704 g/mol. The number of nitrogens with one attached hydrogen (secondary N) is 2. The van der Waals surface area contributed by atoms with Crippen LogP contribution in [0, 0.1) is 17.1 Å². The van der Waals surface area contributed by atoms with Gasteiger partial charge in [-0.25, -0.2) is 14.4 Å². The van der Waals surface area contributed by atoms with E-state index >= 15 is 0 Å². The molecule has 51 heavy (non-hydrogen) atoms. The first kappa shape index (κ1) is 32.8. The Morgan fingerprint density at radius 3 is 2.73 bits per heavy atom. The molecular formula is C38H34ClFN8O3. The maximum Gasteiger partial charge on any atom is 0.255 e. The van der Waals surface area contributed by atoms with E-state index in [-0.39, 0.29) is 30.2 Å². The molecule has 11 nitrogen and oxygen atoms in total. The maximum atomic E-state index is 14.2. The summed E-state index contributed by atoms with van der Waals surface area (Å²) in [6.07, 6.45) is 3.00. The molecule has 13 heteroatoms. The topological polar surface area (TPSA) is 134 Å². The van der Waals surface area contributed by atoms with Crippen molar-refractivity contribution in [2.24, 2.45) is 0 Å².